The molecule has 124 heavy (non-hydrogen) atoms. The molecule has 0 amide bonds. The van der Waals surface area contributed by atoms with Gasteiger partial charge in [0.1, 0.15) is 0 Å². The number of hydrogen-bond donors (Lipinski definition) is 0. The highest BCUT2D eigenvalue weighted by molar-refractivity contribution is 7.87. The van der Waals surface area contributed by atoms with E-state index in [0.717, 1.165) is 177 Å². The number of para-hydroxylation sites is 6. The SMILES string of the molecule is O=P1(c2ccccc2)c2ccccc2-c2ccc3c(c21)c1ccccc1n3-c1ccc(-c2ccc(N(c3ccccc3)c3ccc4c(c3)sc3ccccc34)cc2)cc1.O=P1(c2ccccc2)c2ccccc2-c2ccc3c(c21)c1ccccc1n3-c1ccc(-c2ccc(N(c3ccccc3)c3ccc4c5ccccc5n(-c5ccccc5)c4c3)cc2)cc1. The predicted octanol–water partition coefficient (Wildman–Crippen LogP) is 28.5. The van der Waals surface area contributed by atoms with Gasteiger partial charge in [-0.2, -0.15) is 0 Å². The van der Waals surface area contributed by atoms with Crippen molar-refractivity contribution < 1.29 is 9.13 Å². The Morgan fingerprint density at radius 2 is 0.532 bits per heavy atom. The number of aromatic nitrogens is 3. The van der Waals surface area contributed by atoms with Crippen molar-refractivity contribution in [3.63, 3.8) is 0 Å². The van der Waals surface area contributed by atoms with Gasteiger partial charge in [0.2, 0.25) is 0 Å². The molecule has 10 heteroatoms. The van der Waals surface area contributed by atoms with Crippen LogP contribution in [0.4, 0.5) is 34.1 Å². The van der Waals surface area contributed by atoms with Crippen molar-refractivity contribution in [2.45, 2.75) is 0 Å². The lowest BCUT2D eigenvalue weighted by Crippen LogP contribution is -2.21. The van der Waals surface area contributed by atoms with E-state index < -0.39 is 14.3 Å². The van der Waals surface area contributed by atoms with Gasteiger partial charge in [-0.15, -0.1) is 11.3 Å². The van der Waals surface area contributed by atoms with Crippen LogP contribution in [0.5, 0.6) is 0 Å². The third kappa shape index (κ3) is 11.5. The van der Waals surface area contributed by atoms with E-state index in [0.29, 0.717) is 0 Å². The molecule has 6 heterocycles. The standard InChI is InChI=1S/C60H40N3OP.C54H35N2OPS/c64-65(48-20-8-3-9-21-48)58-27-15-12-23-51(58)52-38-39-56-59(60(52)65)53-24-11-14-26-55(53)62(56)46-34-30-42(31-35-46)41-28-32-45(33-29-41)61(43-16-4-1-5-17-43)47-36-37-50-49-22-10-13-25-54(49)63(57(50)40-47)44-18-6-2-7-19-44;57-58(42-15-5-2-6-16-42)50-21-11-8-17-43(50)46-33-34-49-53(54(46)58)47-19-7-10-20-48(47)56(49)40-29-25-37(26-30-40)36-23-27-39(28-24-36)55(38-13-3-1-4-14-38)41-31-32-45-44-18-9-12-22-51(44)59-52(45)35-41/h1-40H;1-35H. The second kappa shape index (κ2) is 29.3. The van der Waals surface area contributed by atoms with Crippen LogP contribution in [-0.2, 0) is 9.13 Å². The van der Waals surface area contributed by atoms with Gasteiger partial charge in [0.25, 0.3) is 0 Å². The summed E-state index contributed by atoms with van der Waals surface area (Å²) in [7, 11) is -6.34. The fourth-order valence-corrected chi connectivity index (χ4v) is 27.5. The molecule has 23 aromatic rings. The average Bonchev–Trinajstić information content (AvgIpc) is 1.53. The quantitative estimate of drug-likeness (QED) is 0.108. The Morgan fingerprint density at radius 3 is 1.01 bits per heavy atom. The number of hydrogen-bond acceptors (Lipinski definition) is 5. The Bertz CT molecular complexity index is 8270. The zero-order valence-electron chi connectivity index (χ0n) is 67.2. The largest absolute Gasteiger partial charge is 0.310 e. The van der Waals surface area contributed by atoms with Crippen molar-refractivity contribution in [1.82, 2.24) is 13.7 Å². The van der Waals surface area contributed by atoms with E-state index in [9.17, 15) is 0 Å². The van der Waals surface area contributed by atoms with Gasteiger partial charge < -0.3 is 32.6 Å². The summed E-state index contributed by atoms with van der Waals surface area (Å²) in [5.74, 6) is 0. The Kier molecular flexibility index (Phi) is 17.2. The molecule has 0 bridgehead atoms. The highest BCUT2D eigenvalue weighted by atomic mass is 32.1. The maximum absolute atomic E-state index is 15.8. The van der Waals surface area contributed by atoms with Crippen molar-refractivity contribution >= 4 is 177 Å². The van der Waals surface area contributed by atoms with Crippen molar-refractivity contribution in [2.75, 3.05) is 9.80 Å². The molecule has 2 aliphatic rings. The first kappa shape index (κ1) is 72.8. The molecule has 2 aliphatic heterocycles. The van der Waals surface area contributed by atoms with Crippen molar-refractivity contribution in [2.24, 2.45) is 0 Å². The zero-order chi connectivity index (χ0) is 82.1. The number of benzene rings is 19. The van der Waals surface area contributed by atoms with Crippen LogP contribution in [0.2, 0.25) is 0 Å². The molecular formula is C114H75N5O2P2S. The Balaban J connectivity index is 0.000000140. The molecule has 0 fully saturated rings. The van der Waals surface area contributed by atoms with Gasteiger partial charge in [0, 0.05) is 136 Å². The summed E-state index contributed by atoms with van der Waals surface area (Å²) >= 11 is 1.84. The first-order valence-corrected chi connectivity index (χ1v) is 46.3. The molecule has 584 valence electrons. The lowest BCUT2D eigenvalue weighted by atomic mass is 10.0. The fraction of sp³-hybridized carbons (Fsp3) is 0. The van der Waals surface area contributed by atoms with E-state index >= 15 is 9.13 Å². The molecule has 2 unspecified atom stereocenters. The Labute approximate surface area is 721 Å². The molecule has 0 aliphatic carbocycles. The summed E-state index contributed by atoms with van der Waals surface area (Å²) in [4.78, 5) is 4.68. The van der Waals surface area contributed by atoms with Crippen LogP contribution in [0.15, 0.2) is 455 Å². The van der Waals surface area contributed by atoms with Crippen molar-refractivity contribution in [3.8, 4) is 61.6 Å². The summed E-state index contributed by atoms with van der Waals surface area (Å²) in [5.41, 5.74) is 25.3. The Morgan fingerprint density at radius 1 is 0.210 bits per heavy atom. The highest BCUT2D eigenvalue weighted by Gasteiger charge is 2.44. The van der Waals surface area contributed by atoms with E-state index in [1.807, 2.05) is 84.1 Å². The molecular weight excluding hydrogens is 1570 g/mol. The van der Waals surface area contributed by atoms with Crippen LogP contribution in [0.25, 0.3) is 147 Å². The lowest BCUT2D eigenvalue weighted by Gasteiger charge is -2.26. The van der Waals surface area contributed by atoms with Crippen LogP contribution in [-0.4, -0.2) is 13.7 Å². The predicted molar refractivity (Wildman–Crippen MR) is 526 cm³/mol. The second-order valence-corrected chi connectivity index (χ2v) is 38.5. The molecule has 0 N–H and O–H groups in total. The number of rotatable bonds is 13. The van der Waals surface area contributed by atoms with Crippen LogP contribution in [0.1, 0.15) is 0 Å². The van der Waals surface area contributed by atoms with Gasteiger partial charge in [-0.05, 0) is 190 Å². The average molecular weight is 1640 g/mol. The zero-order valence-corrected chi connectivity index (χ0v) is 69.8. The molecule has 0 saturated carbocycles. The summed E-state index contributed by atoms with van der Waals surface area (Å²) in [6, 6.07) is 161. The molecule has 2 atom stereocenters. The summed E-state index contributed by atoms with van der Waals surface area (Å²) < 4.78 is 41.2. The minimum Gasteiger partial charge on any atom is -0.310 e. The van der Waals surface area contributed by atoms with Gasteiger partial charge in [-0.1, -0.05) is 309 Å². The van der Waals surface area contributed by atoms with Gasteiger partial charge in [-0.25, -0.2) is 0 Å². The van der Waals surface area contributed by atoms with Crippen LogP contribution in [0, 0.1) is 0 Å². The molecule has 4 aromatic heterocycles. The van der Waals surface area contributed by atoms with Gasteiger partial charge >= 0.3 is 0 Å². The van der Waals surface area contributed by atoms with Crippen LogP contribution < -0.4 is 41.6 Å². The first-order valence-electron chi connectivity index (χ1n) is 42.1. The van der Waals surface area contributed by atoms with Gasteiger partial charge in [0.05, 0.1) is 33.1 Å². The number of thiophene rings is 1. The van der Waals surface area contributed by atoms with E-state index in [4.69, 9.17) is 0 Å². The van der Waals surface area contributed by atoms with Crippen molar-refractivity contribution in [1.29, 1.82) is 0 Å². The maximum atomic E-state index is 15.8. The summed E-state index contributed by atoms with van der Waals surface area (Å²) in [6.07, 6.45) is 0. The highest BCUT2D eigenvalue weighted by Crippen LogP contribution is 2.58. The number of anilines is 6. The monoisotopic (exact) mass is 1640 g/mol. The summed E-state index contributed by atoms with van der Waals surface area (Å²) in [6.45, 7) is 0. The second-order valence-electron chi connectivity index (χ2n) is 32.0. The minimum atomic E-state index is -3.18. The molecule has 25 rings (SSSR count). The minimum absolute atomic E-state index is 0.866. The third-order valence-corrected chi connectivity index (χ3v) is 32.8. The molecule has 7 nitrogen and oxygen atoms in total. The molecule has 0 saturated heterocycles. The Hall–Kier alpha value is -15.1. The molecule has 19 aromatic carbocycles. The van der Waals surface area contributed by atoms with Crippen molar-refractivity contribution in [3.05, 3.63) is 455 Å². The fourth-order valence-electron chi connectivity index (χ4n) is 19.8. The maximum Gasteiger partial charge on any atom is 0.172 e. The first-order chi connectivity index (χ1) is 61.3. The van der Waals surface area contributed by atoms with E-state index in [1.165, 1.54) is 36.5 Å². The van der Waals surface area contributed by atoms with E-state index in [1.54, 1.807) is 0 Å². The number of fused-ring (bicyclic) bond motifs is 20. The van der Waals surface area contributed by atoms with E-state index in [-0.39, 0.29) is 0 Å². The van der Waals surface area contributed by atoms with Gasteiger partial charge in [-0.3, -0.25) is 0 Å². The van der Waals surface area contributed by atoms with Crippen LogP contribution in [0.3, 0.4) is 0 Å². The van der Waals surface area contributed by atoms with Gasteiger partial charge in [0.15, 0.2) is 14.3 Å². The van der Waals surface area contributed by atoms with E-state index in [2.05, 4.69) is 406 Å². The van der Waals surface area contributed by atoms with Crippen LogP contribution >= 0.6 is 25.6 Å². The lowest BCUT2D eigenvalue weighted by molar-refractivity contribution is 0.592. The topological polar surface area (TPSA) is 55.4 Å². The normalized spacial score (nSPS) is 14.4. The smallest absolute Gasteiger partial charge is 0.172 e. The number of nitrogens with zero attached hydrogens (tertiary/aromatic N) is 5. The molecule has 0 spiro atoms. The summed E-state index contributed by atoms with van der Waals surface area (Å²) in [5, 5.41) is 14.9. The third-order valence-electron chi connectivity index (χ3n) is 25.3. The molecule has 0 radical (unpaired) electrons.